The Morgan fingerprint density at radius 3 is 2.55 bits per heavy atom. The number of benzene rings is 2. The molecule has 6 heteroatoms. The molecule has 2 aromatic rings. The lowest BCUT2D eigenvalue weighted by Gasteiger charge is -2.51. The van der Waals surface area contributed by atoms with Gasteiger partial charge < -0.3 is 15.3 Å². The molecular weight excluding hydrogens is 455 g/mol. The largest absolute Gasteiger partial charge is 0.395 e. The Hall–Kier alpha value is -1.85. The van der Waals surface area contributed by atoms with Crippen LogP contribution in [-0.4, -0.2) is 41.7 Å². The van der Waals surface area contributed by atoms with Gasteiger partial charge in [0.25, 0.3) is 0 Å². The number of halogens is 2. The van der Waals surface area contributed by atoms with Crippen molar-refractivity contribution in [2.45, 2.75) is 51.1 Å². The molecule has 1 heterocycles. The fraction of sp³-hybridized carbons (Fsp3) is 0.444. The van der Waals surface area contributed by atoms with Crippen molar-refractivity contribution in [2.75, 3.05) is 19.7 Å². The van der Waals surface area contributed by atoms with Crippen molar-refractivity contribution in [3.8, 4) is 0 Å². The number of carbonyl (C=O) groups excluding carboxylic acids is 1. The molecule has 33 heavy (non-hydrogen) atoms. The second-order valence-electron chi connectivity index (χ2n) is 9.24. The minimum absolute atomic E-state index is 0.00417. The second kappa shape index (κ2) is 11.5. The average Bonchev–Trinajstić information content (AvgIpc) is 2.79. The number of likely N-dealkylation sites (tertiary alicyclic amines) is 1. The first-order chi connectivity index (χ1) is 15.8. The minimum atomic E-state index is -0.551. The Morgan fingerprint density at radius 1 is 1.18 bits per heavy atom. The Kier molecular flexibility index (Phi) is 9.00. The van der Waals surface area contributed by atoms with Crippen LogP contribution in [0.4, 0.5) is 0 Å². The highest BCUT2D eigenvalue weighted by molar-refractivity contribution is 6.30. The Bertz CT molecular complexity index is 949. The zero-order valence-corrected chi connectivity index (χ0v) is 20.9. The van der Waals surface area contributed by atoms with Gasteiger partial charge in [0, 0.05) is 28.5 Å². The molecule has 1 saturated heterocycles. The van der Waals surface area contributed by atoms with E-state index in [-0.39, 0.29) is 30.5 Å². The molecule has 2 aromatic carbocycles. The molecule has 0 aliphatic carbocycles. The first-order valence-electron chi connectivity index (χ1n) is 11.6. The van der Waals surface area contributed by atoms with Gasteiger partial charge in [-0.15, -0.1) is 6.58 Å². The van der Waals surface area contributed by atoms with E-state index in [0.29, 0.717) is 29.4 Å². The highest BCUT2D eigenvalue weighted by Crippen LogP contribution is 2.52. The van der Waals surface area contributed by atoms with Gasteiger partial charge in [-0.05, 0) is 68.1 Å². The lowest BCUT2D eigenvalue weighted by molar-refractivity contribution is -0.154. The summed E-state index contributed by atoms with van der Waals surface area (Å²) in [6.07, 6.45) is 3.95. The SMILES string of the molecule is C=CC[C@@]1(C)C[C@H](c2cccc(Cl)c2)[C@@H](c2ccc(Cl)cc2)N([C@@H](C)CCNCCO)C1=O. The predicted molar refractivity (Wildman–Crippen MR) is 137 cm³/mol. The topological polar surface area (TPSA) is 52.6 Å². The first kappa shape index (κ1) is 25.8. The first-order valence-corrected chi connectivity index (χ1v) is 12.3. The summed E-state index contributed by atoms with van der Waals surface area (Å²) >= 11 is 12.6. The molecule has 2 N–H and O–H groups in total. The van der Waals surface area contributed by atoms with Crippen molar-refractivity contribution >= 4 is 29.1 Å². The van der Waals surface area contributed by atoms with Gasteiger partial charge in [0.2, 0.25) is 5.91 Å². The Morgan fingerprint density at radius 2 is 1.91 bits per heavy atom. The molecule has 178 valence electrons. The second-order valence-corrected chi connectivity index (χ2v) is 10.1. The number of carbonyl (C=O) groups is 1. The number of hydrogen-bond acceptors (Lipinski definition) is 3. The number of aliphatic hydroxyl groups excluding tert-OH is 1. The molecule has 0 saturated carbocycles. The fourth-order valence-corrected chi connectivity index (χ4v) is 5.35. The van der Waals surface area contributed by atoms with Gasteiger partial charge in [0.15, 0.2) is 0 Å². The van der Waals surface area contributed by atoms with E-state index < -0.39 is 5.41 Å². The summed E-state index contributed by atoms with van der Waals surface area (Å²) in [7, 11) is 0. The number of aliphatic hydroxyl groups is 1. The van der Waals surface area contributed by atoms with Crippen molar-refractivity contribution in [3.05, 3.63) is 82.4 Å². The molecule has 1 fully saturated rings. The molecule has 0 unspecified atom stereocenters. The van der Waals surface area contributed by atoms with Gasteiger partial charge in [0.05, 0.1) is 18.1 Å². The molecule has 4 atom stereocenters. The molecular formula is C27H34Cl2N2O2. The van der Waals surface area contributed by atoms with Gasteiger partial charge in [-0.2, -0.15) is 0 Å². The van der Waals surface area contributed by atoms with Crippen LogP contribution in [0.25, 0.3) is 0 Å². The van der Waals surface area contributed by atoms with E-state index in [4.69, 9.17) is 28.3 Å². The Balaban J connectivity index is 2.09. The predicted octanol–water partition coefficient (Wildman–Crippen LogP) is 5.99. The van der Waals surface area contributed by atoms with Crippen LogP contribution < -0.4 is 5.32 Å². The van der Waals surface area contributed by atoms with Crippen molar-refractivity contribution in [3.63, 3.8) is 0 Å². The number of nitrogens with one attached hydrogen (secondary N) is 1. The average molecular weight is 489 g/mol. The van der Waals surface area contributed by atoms with Crippen molar-refractivity contribution in [2.24, 2.45) is 5.41 Å². The van der Waals surface area contributed by atoms with Crippen LogP contribution in [0.1, 0.15) is 56.2 Å². The number of allylic oxidation sites excluding steroid dienone is 1. The monoisotopic (exact) mass is 488 g/mol. The maximum atomic E-state index is 14.0. The molecule has 0 radical (unpaired) electrons. The van der Waals surface area contributed by atoms with E-state index in [0.717, 1.165) is 24.1 Å². The van der Waals surface area contributed by atoms with E-state index >= 15 is 0 Å². The maximum Gasteiger partial charge on any atom is 0.229 e. The van der Waals surface area contributed by atoms with Crippen molar-refractivity contribution in [1.29, 1.82) is 0 Å². The van der Waals surface area contributed by atoms with Crippen LogP contribution in [0.15, 0.2) is 61.2 Å². The molecule has 1 amide bonds. The zero-order valence-electron chi connectivity index (χ0n) is 19.4. The van der Waals surface area contributed by atoms with E-state index in [1.807, 2.05) is 48.5 Å². The number of rotatable bonds is 10. The third-order valence-corrected chi connectivity index (χ3v) is 7.17. The lowest BCUT2D eigenvalue weighted by atomic mass is 9.67. The lowest BCUT2D eigenvalue weighted by Crippen LogP contribution is -2.55. The van der Waals surface area contributed by atoms with E-state index in [1.165, 1.54) is 0 Å². The number of amides is 1. The van der Waals surface area contributed by atoms with Crippen LogP contribution in [0.5, 0.6) is 0 Å². The van der Waals surface area contributed by atoms with Crippen molar-refractivity contribution in [1.82, 2.24) is 10.2 Å². The highest BCUT2D eigenvalue weighted by atomic mass is 35.5. The molecule has 4 nitrogen and oxygen atoms in total. The summed E-state index contributed by atoms with van der Waals surface area (Å²) in [6, 6.07) is 15.7. The molecule has 1 aliphatic rings. The Labute approximate surface area is 207 Å². The molecule has 0 bridgehead atoms. The van der Waals surface area contributed by atoms with Gasteiger partial charge in [-0.25, -0.2) is 0 Å². The van der Waals surface area contributed by atoms with Crippen LogP contribution in [0.3, 0.4) is 0 Å². The third-order valence-electron chi connectivity index (χ3n) is 6.69. The summed E-state index contributed by atoms with van der Waals surface area (Å²) in [5.74, 6) is 0.218. The normalized spacial score (nSPS) is 24.0. The van der Waals surface area contributed by atoms with Gasteiger partial charge >= 0.3 is 0 Å². The smallest absolute Gasteiger partial charge is 0.229 e. The molecule has 0 aromatic heterocycles. The van der Waals surface area contributed by atoms with E-state index in [2.05, 4.69) is 36.7 Å². The van der Waals surface area contributed by atoms with Gasteiger partial charge in [0.1, 0.15) is 0 Å². The summed E-state index contributed by atoms with van der Waals surface area (Å²) in [6.45, 7) is 9.45. The van der Waals surface area contributed by atoms with Crippen LogP contribution in [-0.2, 0) is 4.79 Å². The summed E-state index contributed by atoms with van der Waals surface area (Å²) in [4.78, 5) is 16.1. The van der Waals surface area contributed by atoms with Gasteiger partial charge in [-0.3, -0.25) is 4.79 Å². The molecule has 0 spiro atoms. The zero-order chi connectivity index (χ0) is 24.0. The standard InChI is InChI=1S/C27H34Cl2N2O2/c1-4-13-27(3)18-24(21-6-5-7-23(29)17-21)25(20-8-10-22(28)11-9-20)31(26(27)33)19(2)12-14-30-15-16-32/h4-11,17,19,24-25,30,32H,1,12-16,18H2,2-3H3/t19-,24+,25+,27-/m0/s1. The quantitative estimate of drug-likeness (QED) is 0.318. The third kappa shape index (κ3) is 5.99. The number of piperidine rings is 1. The summed E-state index contributed by atoms with van der Waals surface area (Å²) in [5.41, 5.74) is 1.64. The van der Waals surface area contributed by atoms with Crippen LogP contribution in [0.2, 0.25) is 10.0 Å². The molecule has 3 rings (SSSR count). The fourth-order valence-electron chi connectivity index (χ4n) is 5.02. The van der Waals surface area contributed by atoms with Crippen LogP contribution >= 0.6 is 23.2 Å². The summed E-state index contributed by atoms with van der Waals surface area (Å²) in [5, 5.41) is 13.7. The summed E-state index contributed by atoms with van der Waals surface area (Å²) < 4.78 is 0. The van der Waals surface area contributed by atoms with Crippen molar-refractivity contribution < 1.29 is 9.90 Å². The van der Waals surface area contributed by atoms with Gasteiger partial charge in [-0.1, -0.05) is 60.5 Å². The van der Waals surface area contributed by atoms with E-state index in [1.54, 1.807) is 0 Å². The van der Waals surface area contributed by atoms with E-state index in [9.17, 15) is 4.79 Å². The molecule has 1 aliphatic heterocycles. The maximum absolute atomic E-state index is 14.0. The highest BCUT2D eigenvalue weighted by Gasteiger charge is 2.50. The minimum Gasteiger partial charge on any atom is -0.395 e. The number of hydrogen-bond donors (Lipinski definition) is 2. The van der Waals surface area contributed by atoms with Crippen LogP contribution in [0, 0.1) is 5.41 Å². The number of nitrogens with zero attached hydrogens (tertiary/aromatic N) is 1.